The lowest BCUT2D eigenvalue weighted by Crippen LogP contribution is -2.30. The molecule has 1 aromatic carbocycles. The van der Waals surface area contributed by atoms with Crippen LogP contribution in [0.1, 0.15) is 18.1 Å². The van der Waals surface area contributed by atoms with Crippen molar-refractivity contribution in [2.24, 2.45) is 5.73 Å². The van der Waals surface area contributed by atoms with Crippen molar-refractivity contribution in [3.63, 3.8) is 0 Å². The molecule has 0 saturated carbocycles. The molecule has 1 rings (SSSR count). The minimum absolute atomic E-state index is 0.0125. The fourth-order valence-corrected chi connectivity index (χ4v) is 2.23. The normalized spacial score (nSPS) is 11.3. The van der Waals surface area contributed by atoms with Crippen LogP contribution in [-0.4, -0.2) is 32.4 Å². The molecule has 0 aromatic heterocycles. The molecule has 3 N–H and O–H groups in total. The smallest absolute Gasteiger partial charge is 0.224 e. The molecule has 19 heavy (non-hydrogen) atoms. The number of hydrogen-bond donors (Lipinski definition) is 2. The third-order valence-corrected chi connectivity index (χ3v) is 4.50. The zero-order valence-electron chi connectivity index (χ0n) is 11.1. The lowest BCUT2D eigenvalue weighted by Gasteiger charge is -2.06. The zero-order chi connectivity index (χ0) is 14.3. The van der Waals surface area contributed by atoms with Gasteiger partial charge in [0.2, 0.25) is 5.91 Å². The Hall–Kier alpha value is -1.40. The highest BCUT2D eigenvalue weighted by Gasteiger charge is 2.08. The van der Waals surface area contributed by atoms with Gasteiger partial charge >= 0.3 is 0 Å². The Balaban J connectivity index is 2.38. The van der Waals surface area contributed by atoms with E-state index in [4.69, 9.17) is 5.73 Å². The van der Waals surface area contributed by atoms with E-state index in [9.17, 15) is 13.2 Å². The number of nitrogens with one attached hydrogen (secondary N) is 1. The summed E-state index contributed by atoms with van der Waals surface area (Å²) in [5.41, 5.74) is 7.38. The van der Waals surface area contributed by atoms with Gasteiger partial charge in [0, 0.05) is 18.8 Å². The summed E-state index contributed by atoms with van der Waals surface area (Å²) >= 11 is 0. The van der Waals surface area contributed by atoms with Crippen LogP contribution in [0.25, 0.3) is 0 Å². The van der Waals surface area contributed by atoms with E-state index in [2.05, 4.69) is 5.32 Å². The Morgan fingerprint density at radius 2 is 1.79 bits per heavy atom. The summed E-state index contributed by atoms with van der Waals surface area (Å²) in [5.74, 6) is -0.0862. The molecule has 0 aliphatic carbocycles. The third-order valence-electron chi connectivity index (χ3n) is 2.80. The van der Waals surface area contributed by atoms with Gasteiger partial charge in [-0.2, -0.15) is 0 Å². The van der Waals surface area contributed by atoms with Crippen LogP contribution in [0, 0.1) is 0 Å². The number of rotatable bonds is 7. The minimum Gasteiger partial charge on any atom is -0.355 e. The van der Waals surface area contributed by atoms with E-state index in [1.807, 2.05) is 24.3 Å². The number of benzene rings is 1. The van der Waals surface area contributed by atoms with Crippen molar-refractivity contribution in [3.05, 3.63) is 35.4 Å². The second-order valence-corrected chi connectivity index (χ2v) is 6.76. The first-order chi connectivity index (χ1) is 8.96. The summed E-state index contributed by atoms with van der Waals surface area (Å²) < 4.78 is 22.5. The molecule has 0 spiro atoms. The molecule has 0 atom stereocenters. The minimum atomic E-state index is -3.03. The number of carbonyl (C=O) groups excluding carboxylic acids is 1. The van der Waals surface area contributed by atoms with Crippen molar-refractivity contribution in [1.82, 2.24) is 5.32 Å². The van der Waals surface area contributed by atoms with Crippen LogP contribution in [0.3, 0.4) is 0 Å². The van der Waals surface area contributed by atoms with Gasteiger partial charge in [-0.15, -0.1) is 0 Å². The first-order valence-corrected chi connectivity index (χ1v) is 8.04. The first kappa shape index (κ1) is 15.7. The fraction of sp³-hybridized carbons (Fsp3) is 0.462. The van der Waals surface area contributed by atoms with Crippen LogP contribution in [0.15, 0.2) is 24.3 Å². The van der Waals surface area contributed by atoms with E-state index in [1.165, 1.54) is 0 Å². The van der Waals surface area contributed by atoms with Crippen LogP contribution in [0.4, 0.5) is 0 Å². The summed E-state index contributed by atoms with van der Waals surface area (Å²) in [7, 11) is -3.03. The van der Waals surface area contributed by atoms with Crippen molar-refractivity contribution in [2.75, 3.05) is 18.1 Å². The molecule has 0 bridgehead atoms. The van der Waals surface area contributed by atoms with Crippen LogP contribution in [-0.2, 0) is 27.6 Å². The van der Waals surface area contributed by atoms with Gasteiger partial charge in [-0.25, -0.2) is 8.42 Å². The first-order valence-electron chi connectivity index (χ1n) is 6.22. The monoisotopic (exact) mass is 284 g/mol. The van der Waals surface area contributed by atoms with Crippen LogP contribution in [0.5, 0.6) is 0 Å². The van der Waals surface area contributed by atoms with E-state index in [0.29, 0.717) is 6.54 Å². The second-order valence-electron chi connectivity index (χ2n) is 4.28. The van der Waals surface area contributed by atoms with Gasteiger partial charge in [0.1, 0.15) is 0 Å². The number of sulfone groups is 1. The molecule has 1 amide bonds. The van der Waals surface area contributed by atoms with E-state index >= 15 is 0 Å². The van der Waals surface area contributed by atoms with E-state index < -0.39 is 9.84 Å². The quantitative estimate of drug-likeness (QED) is 0.750. The second kappa shape index (κ2) is 7.25. The van der Waals surface area contributed by atoms with E-state index in [-0.39, 0.29) is 30.4 Å². The predicted molar refractivity (Wildman–Crippen MR) is 75.4 cm³/mol. The van der Waals surface area contributed by atoms with Crippen LogP contribution < -0.4 is 11.1 Å². The maximum atomic E-state index is 11.6. The Labute approximate surface area is 114 Å². The summed E-state index contributed by atoms with van der Waals surface area (Å²) in [5, 5.41) is 2.61. The summed E-state index contributed by atoms with van der Waals surface area (Å²) in [6, 6.07) is 7.46. The van der Waals surface area contributed by atoms with Gasteiger partial charge in [0.25, 0.3) is 0 Å². The lowest BCUT2D eigenvalue weighted by atomic mass is 10.1. The maximum absolute atomic E-state index is 11.6. The summed E-state index contributed by atoms with van der Waals surface area (Å²) in [4.78, 5) is 11.6. The molecule has 1 aromatic rings. The Kier molecular flexibility index (Phi) is 5.98. The molecule has 6 heteroatoms. The van der Waals surface area contributed by atoms with Crippen molar-refractivity contribution in [2.45, 2.75) is 19.9 Å². The Morgan fingerprint density at radius 1 is 1.21 bits per heavy atom. The molecule has 0 heterocycles. The van der Waals surface area contributed by atoms with E-state index in [0.717, 1.165) is 11.1 Å². The fourth-order valence-electron chi connectivity index (χ4n) is 1.53. The largest absolute Gasteiger partial charge is 0.355 e. The number of hydrogen-bond acceptors (Lipinski definition) is 4. The van der Waals surface area contributed by atoms with Crippen molar-refractivity contribution < 1.29 is 13.2 Å². The highest BCUT2D eigenvalue weighted by atomic mass is 32.2. The third kappa shape index (κ3) is 5.85. The molecule has 0 aliphatic heterocycles. The Bertz CT molecular complexity index is 509. The highest BCUT2D eigenvalue weighted by Crippen LogP contribution is 2.04. The average molecular weight is 284 g/mol. The van der Waals surface area contributed by atoms with E-state index in [1.54, 1.807) is 6.92 Å². The van der Waals surface area contributed by atoms with Crippen molar-refractivity contribution in [3.8, 4) is 0 Å². The highest BCUT2D eigenvalue weighted by molar-refractivity contribution is 7.91. The van der Waals surface area contributed by atoms with Crippen LogP contribution >= 0.6 is 0 Å². The molecule has 5 nitrogen and oxygen atoms in total. The number of nitrogens with two attached hydrogens (primary N) is 1. The van der Waals surface area contributed by atoms with Gasteiger partial charge in [0.15, 0.2) is 9.84 Å². The standard InChI is InChI=1S/C13H20N2O3S/c1-2-19(17,18)8-7-15-13(16)9-11-3-5-12(10-14)6-4-11/h3-6H,2,7-10,14H2,1H3,(H,15,16). The molecule has 0 radical (unpaired) electrons. The van der Waals surface area contributed by atoms with Gasteiger partial charge in [-0.3, -0.25) is 4.79 Å². The topological polar surface area (TPSA) is 89.3 Å². The summed E-state index contributed by atoms with van der Waals surface area (Å²) in [6.07, 6.45) is 0.247. The summed E-state index contributed by atoms with van der Waals surface area (Å²) in [6.45, 7) is 2.23. The molecule has 0 unspecified atom stereocenters. The average Bonchev–Trinajstić information content (AvgIpc) is 2.39. The van der Waals surface area contributed by atoms with Crippen LogP contribution in [0.2, 0.25) is 0 Å². The molecule has 0 aliphatic rings. The maximum Gasteiger partial charge on any atom is 0.224 e. The molecule has 0 fully saturated rings. The predicted octanol–water partition coefficient (Wildman–Crippen LogP) is 0.239. The Morgan fingerprint density at radius 3 is 2.32 bits per heavy atom. The van der Waals surface area contributed by atoms with Crippen molar-refractivity contribution >= 4 is 15.7 Å². The zero-order valence-corrected chi connectivity index (χ0v) is 11.9. The molecular formula is C13H20N2O3S. The van der Waals surface area contributed by atoms with Gasteiger partial charge < -0.3 is 11.1 Å². The van der Waals surface area contributed by atoms with Gasteiger partial charge in [-0.05, 0) is 11.1 Å². The number of amides is 1. The molecule has 0 saturated heterocycles. The number of carbonyl (C=O) groups is 1. The lowest BCUT2D eigenvalue weighted by molar-refractivity contribution is -0.120. The molecular weight excluding hydrogens is 264 g/mol. The SMILES string of the molecule is CCS(=O)(=O)CCNC(=O)Cc1ccc(CN)cc1. The van der Waals surface area contributed by atoms with Gasteiger partial charge in [0.05, 0.1) is 12.2 Å². The molecule has 106 valence electrons. The van der Waals surface area contributed by atoms with Crippen molar-refractivity contribution in [1.29, 1.82) is 0 Å². The van der Waals surface area contributed by atoms with Gasteiger partial charge in [-0.1, -0.05) is 31.2 Å².